The number of carboxylic acids is 1. The molecule has 1 rings (SSSR count). The van der Waals surface area contributed by atoms with Gasteiger partial charge in [-0.2, -0.15) is 0 Å². The van der Waals surface area contributed by atoms with Crippen LogP contribution in [0.5, 0.6) is 0 Å². The molecule has 6 heteroatoms. The summed E-state index contributed by atoms with van der Waals surface area (Å²) in [6, 6.07) is 0. The number of carbonyl (C=O) groups is 1. The van der Waals surface area contributed by atoms with Crippen LogP contribution in [-0.4, -0.2) is 44.1 Å². The third-order valence-electron chi connectivity index (χ3n) is 3.41. The first-order chi connectivity index (χ1) is 7.96. The lowest BCUT2D eigenvalue weighted by molar-refractivity contribution is -0.142. The number of hydrogen-bond acceptors (Lipinski definition) is 4. The van der Waals surface area contributed by atoms with Crippen LogP contribution in [0, 0.1) is 11.8 Å². The minimum atomic E-state index is -2.92. The minimum absolute atomic E-state index is 0.133. The lowest BCUT2D eigenvalue weighted by Gasteiger charge is -2.16. The summed E-state index contributed by atoms with van der Waals surface area (Å²) < 4.78 is 22.5. The predicted molar refractivity (Wildman–Crippen MR) is 65.7 cm³/mol. The van der Waals surface area contributed by atoms with Crippen LogP contribution in [0.25, 0.3) is 0 Å². The zero-order valence-electron chi connectivity index (χ0n) is 10.2. The molecular formula is C11H21NO4S. The lowest BCUT2D eigenvalue weighted by Crippen LogP contribution is -2.32. The molecule has 0 aromatic carbocycles. The number of nitrogens with one attached hydrogen (secondary N) is 1. The molecule has 2 unspecified atom stereocenters. The molecule has 0 aromatic rings. The van der Waals surface area contributed by atoms with Crippen LogP contribution in [-0.2, 0) is 14.6 Å². The number of hydrogen-bond donors (Lipinski definition) is 2. The summed E-state index contributed by atoms with van der Waals surface area (Å²) in [6.45, 7) is 2.65. The highest BCUT2D eigenvalue weighted by atomic mass is 32.2. The molecule has 2 N–H and O–H groups in total. The highest BCUT2D eigenvalue weighted by molar-refractivity contribution is 7.91. The van der Waals surface area contributed by atoms with E-state index in [1.54, 1.807) is 6.92 Å². The molecule has 0 amide bonds. The summed E-state index contributed by atoms with van der Waals surface area (Å²) in [4.78, 5) is 10.9. The van der Waals surface area contributed by atoms with Gasteiger partial charge in [-0.1, -0.05) is 13.3 Å². The summed E-state index contributed by atoms with van der Waals surface area (Å²) in [5.41, 5.74) is 0. The molecule has 100 valence electrons. The maximum absolute atomic E-state index is 11.2. The maximum atomic E-state index is 11.2. The van der Waals surface area contributed by atoms with Crippen molar-refractivity contribution in [3.63, 3.8) is 0 Å². The van der Waals surface area contributed by atoms with Crippen LogP contribution in [0.3, 0.4) is 0 Å². The van der Waals surface area contributed by atoms with Gasteiger partial charge in [0.1, 0.15) is 0 Å². The average Bonchev–Trinajstić information content (AvgIpc) is 2.73. The number of rotatable bonds is 7. The first-order valence-corrected chi connectivity index (χ1v) is 7.92. The fourth-order valence-electron chi connectivity index (χ4n) is 2.27. The third-order valence-corrected chi connectivity index (χ3v) is 5.12. The van der Waals surface area contributed by atoms with Crippen molar-refractivity contribution in [2.24, 2.45) is 11.8 Å². The predicted octanol–water partition coefficient (Wildman–Crippen LogP) is 0.512. The average molecular weight is 263 g/mol. The van der Waals surface area contributed by atoms with E-state index in [1.165, 1.54) is 0 Å². The fraction of sp³-hybridized carbons (Fsp3) is 0.909. The van der Waals surface area contributed by atoms with Gasteiger partial charge in [0.25, 0.3) is 0 Å². The quantitative estimate of drug-likeness (QED) is 0.654. The molecule has 5 nitrogen and oxygen atoms in total. The second-order valence-electron chi connectivity index (χ2n) is 4.58. The summed E-state index contributed by atoms with van der Waals surface area (Å²) in [6.07, 6.45) is 2.62. The first kappa shape index (κ1) is 14.4. The van der Waals surface area contributed by atoms with Crippen molar-refractivity contribution < 1.29 is 18.3 Å². The third kappa shape index (κ3) is 4.63. The van der Waals surface area contributed by atoms with Crippen LogP contribution in [0.1, 0.15) is 26.2 Å². The van der Waals surface area contributed by atoms with E-state index in [9.17, 15) is 13.2 Å². The molecule has 0 radical (unpaired) electrons. The second kappa shape index (κ2) is 6.35. The van der Waals surface area contributed by atoms with Crippen molar-refractivity contribution in [3.05, 3.63) is 0 Å². The van der Waals surface area contributed by atoms with Crippen molar-refractivity contribution >= 4 is 15.8 Å². The van der Waals surface area contributed by atoms with Gasteiger partial charge in [0.15, 0.2) is 9.84 Å². The van der Waals surface area contributed by atoms with Gasteiger partial charge >= 0.3 is 5.97 Å². The summed E-state index contributed by atoms with van der Waals surface area (Å²) in [5, 5.41) is 12.0. The van der Waals surface area contributed by atoms with E-state index >= 15 is 0 Å². The monoisotopic (exact) mass is 263 g/mol. The van der Waals surface area contributed by atoms with E-state index in [0.717, 1.165) is 19.3 Å². The van der Waals surface area contributed by atoms with Gasteiger partial charge in [-0.25, -0.2) is 8.42 Å². The van der Waals surface area contributed by atoms with Gasteiger partial charge in [0.2, 0.25) is 0 Å². The largest absolute Gasteiger partial charge is 0.481 e. The maximum Gasteiger partial charge on any atom is 0.306 e. The highest BCUT2D eigenvalue weighted by Crippen LogP contribution is 2.31. The molecule has 0 heterocycles. The Balaban J connectivity index is 2.25. The molecular weight excluding hydrogens is 242 g/mol. The Bertz CT molecular complexity index is 352. The normalized spacial score (nSPS) is 25.0. The smallest absolute Gasteiger partial charge is 0.306 e. The molecule has 0 saturated heterocycles. The number of carboxylic acid groups (broad SMARTS) is 1. The molecule has 0 aromatic heterocycles. The van der Waals surface area contributed by atoms with Crippen LogP contribution in [0.4, 0.5) is 0 Å². The Kier molecular flexibility index (Phi) is 5.39. The van der Waals surface area contributed by atoms with E-state index in [0.29, 0.717) is 13.1 Å². The van der Waals surface area contributed by atoms with E-state index in [4.69, 9.17) is 5.11 Å². The number of sulfone groups is 1. The van der Waals surface area contributed by atoms with Gasteiger partial charge in [-0.3, -0.25) is 4.79 Å². The molecule has 1 aliphatic rings. The van der Waals surface area contributed by atoms with Gasteiger partial charge in [-0.15, -0.1) is 0 Å². The summed E-state index contributed by atoms with van der Waals surface area (Å²) >= 11 is 0. The van der Waals surface area contributed by atoms with Gasteiger partial charge in [-0.05, 0) is 25.3 Å². The van der Waals surface area contributed by atoms with Crippen molar-refractivity contribution in [1.82, 2.24) is 5.32 Å². The minimum Gasteiger partial charge on any atom is -0.481 e. The SMILES string of the molecule is CCS(=O)(=O)CCNCC1CCCC1C(=O)O. The van der Waals surface area contributed by atoms with E-state index < -0.39 is 15.8 Å². The molecule has 0 aliphatic heterocycles. The molecule has 0 bridgehead atoms. The first-order valence-electron chi connectivity index (χ1n) is 6.10. The molecule has 0 spiro atoms. The molecule has 1 aliphatic carbocycles. The molecule has 2 atom stereocenters. The van der Waals surface area contributed by atoms with E-state index in [2.05, 4.69) is 5.32 Å². The summed E-state index contributed by atoms with van der Waals surface area (Å²) in [5.74, 6) is -0.540. The Hall–Kier alpha value is -0.620. The zero-order chi connectivity index (χ0) is 12.9. The van der Waals surface area contributed by atoms with Gasteiger partial charge in [0, 0.05) is 12.3 Å². The van der Waals surface area contributed by atoms with E-state index in [-0.39, 0.29) is 23.3 Å². The van der Waals surface area contributed by atoms with Gasteiger partial charge < -0.3 is 10.4 Å². The Morgan fingerprint density at radius 2 is 2.12 bits per heavy atom. The highest BCUT2D eigenvalue weighted by Gasteiger charge is 2.32. The van der Waals surface area contributed by atoms with Crippen molar-refractivity contribution in [3.8, 4) is 0 Å². The van der Waals surface area contributed by atoms with Crippen LogP contribution in [0.2, 0.25) is 0 Å². The summed E-state index contributed by atoms with van der Waals surface area (Å²) in [7, 11) is -2.92. The van der Waals surface area contributed by atoms with Gasteiger partial charge in [0.05, 0.1) is 11.7 Å². The Morgan fingerprint density at radius 3 is 2.71 bits per heavy atom. The standard InChI is InChI=1S/C11H21NO4S/c1-2-17(15,16)7-6-12-8-9-4-3-5-10(9)11(13)14/h9-10,12H,2-8H2,1H3,(H,13,14). The molecule has 17 heavy (non-hydrogen) atoms. The van der Waals surface area contributed by atoms with E-state index in [1.807, 2.05) is 0 Å². The van der Waals surface area contributed by atoms with Crippen LogP contribution in [0.15, 0.2) is 0 Å². The molecule has 1 fully saturated rings. The van der Waals surface area contributed by atoms with Crippen LogP contribution < -0.4 is 5.32 Å². The fourth-order valence-corrected chi connectivity index (χ4v) is 3.01. The Morgan fingerprint density at radius 1 is 1.41 bits per heavy atom. The number of aliphatic carboxylic acids is 1. The lowest BCUT2D eigenvalue weighted by atomic mass is 9.96. The topological polar surface area (TPSA) is 83.5 Å². The van der Waals surface area contributed by atoms with Crippen molar-refractivity contribution in [2.75, 3.05) is 24.6 Å². The van der Waals surface area contributed by atoms with Crippen LogP contribution >= 0.6 is 0 Å². The zero-order valence-corrected chi connectivity index (χ0v) is 11.0. The molecule has 1 saturated carbocycles. The van der Waals surface area contributed by atoms with Crippen molar-refractivity contribution in [2.45, 2.75) is 26.2 Å². The second-order valence-corrected chi connectivity index (χ2v) is 7.05. The Labute approximate surface area is 103 Å². The van der Waals surface area contributed by atoms with Crippen molar-refractivity contribution in [1.29, 1.82) is 0 Å².